The van der Waals surface area contributed by atoms with Crippen LogP contribution in [0.2, 0.25) is 0 Å². The number of carbonyl (C=O) groups is 1. The molecule has 0 radical (unpaired) electrons. The molecule has 6 nitrogen and oxygen atoms in total. The molecule has 1 rings (SSSR count). The fourth-order valence-corrected chi connectivity index (χ4v) is 1.62. The van der Waals surface area contributed by atoms with E-state index in [1.54, 1.807) is 6.92 Å². The lowest BCUT2D eigenvalue weighted by Gasteiger charge is -2.14. The molecule has 0 fully saturated rings. The van der Waals surface area contributed by atoms with E-state index in [0.29, 0.717) is 11.6 Å². The number of esters is 1. The number of H-pyrrole nitrogens is 1. The second-order valence-corrected chi connectivity index (χ2v) is 4.17. The maximum atomic E-state index is 12.3. The maximum Gasteiger partial charge on any atom is 0.357 e. The Labute approximate surface area is 125 Å². The molecule has 0 aliphatic heterocycles. The number of hydrogen-bond donors (Lipinski definition) is 2. The van der Waals surface area contributed by atoms with Crippen LogP contribution >= 0.6 is 0 Å². The summed E-state index contributed by atoms with van der Waals surface area (Å²) in [5, 5.41) is 2.82. The fraction of sp³-hybridized carbons (Fsp3) is 0.615. The van der Waals surface area contributed by atoms with Gasteiger partial charge in [0.1, 0.15) is 12.8 Å². The molecule has 0 spiro atoms. The summed E-state index contributed by atoms with van der Waals surface area (Å²) in [5.74, 6) is -0.246. The van der Waals surface area contributed by atoms with Crippen LogP contribution in [0.15, 0.2) is 6.07 Å². The Bertz CT molecular complexity index is 468. The van der Waals surface area contributed by atoms with Crippen molar-refractivity contribution in [1.82, 2.24) is 4.98 Å². The van der Waals surface area contributed by atoms with Crippen LogP contribution in [0.5, 0.6) is 5.88 Å². The van der Waals surface area contributed by atoms with Gasteiger partial charge in [0.25, 0.3) is 6.43 Å². The van der Waals surface area contributed by atoms with E-state index in [0.717, 1.165) is 0 Å². The van der Waals surface area contributed by atoms with E-state index in [2.05, 4.69) is 10.3 Å². The number of aromatic nitrogens is 1. The van der Waals surface area contributed by atoms with Gasteiger partial charge in [-0.1, -0.05) is 0 Å². The van der Waals surface area contributed by atoms with Gasteiger partial charge in [-0.3, -0.25) is 0 Å². The zero-order valence-electron chi connectivity index (χ0n) is 12.3. The number of aromatic amines is 1. The predicted molar refractivity (Wildman–Crippen MR) is 73.5 cm³/mol. The molecular formula is C13H19F3N2O4. The van der Waals surface area contributed by atoms with E-state index in [-0.39, 0.29) is 25.5 Å². The van der Waals surface area contributed by atoms with Gasteiger partial charge in [0.15, 0.2) is 11.6 Å². The first-order chi connectivity index (χ1) is 10.5. The Morgan fingerprint density at radius 2 is 2.18 bits per heavy atom. The molecule has 1 aromatic heterocycles. The van der Waals surface area contributed by atoms with Crippen LogP contribution in [-0.4, -0.2) is 57.0 Å². The number of nitrogens with one attached hydrogen (secondary N) is 2. The van der Waals surface area contributed by atoms with Crippen molar-refractivity contribution >= 4 is 11.7 Å². The zero-order valence-corrected chi connectivity index (χ0v) is 12.3. The van der Waals surface area contributed by atoms with E-state index >= 15 is 0 Å². The molecule has 9 heteroatoms. The van der Waals surface area contributed by atoms with Crippen LogP contribution in [0.3, 0.4) is 0 Å². The topological polar surface area (TPSA) is 72.6 Å². The minimum atomic E-state index is -2.88. The number of halogens is 3. The fourth-order valence-electron chi connectivity index (χ4n) is 1.62. The molecule has 0 bridgehead atoms. The second kappa shape index (κ2) is 9.19. The highest BCUT2D eigenvalue weighted by molar-refractivity contribution is 5.94. The van der Waals surface area contributed by atoms with Gasteiger partial charge in [0.05, 0.1) is 26.0 Å². The maximum absolute atomic E-state index is 12.3. The Kier molecular flexibility index (Phi) is 7.58. The molecule has 1 aromatic rings. The Hall–Kier alpha value is -1.90. The molecule has 126 valence electrons. The van der Waals surface area contributed by atoms with Crippen molar-refractivity contribution in [1.29, 1.82) is 0 Å². The molecule has 0 aliphatic rings. The largest absolute Gasteiger partial charge is 0.482 e. The Balaban J connectivity index is 2.57. The third-order valence-corrected chi connectivity index (χ3v) is 2.68. The lowest BCUT2D eigenvalue weighted by molar-refractivity contribution is -0.0622. The molecule has 0 aliphatic carbocycles. The van der Waals surface area contributed by atoms with Crippen molar-refractivity contribution in [3.05, 3.63) is 11.8 Å². The van der Waals surface area contributed by atoms with Crippen LogP contribution in [0.1, 0.15) is 17.4 Å². The first kappa shape index (κ1) is 18.1. The molecule has 0 aromatic carbocycles. The van der Waals surface area contributed by atoms with E-state index < -0.39 is 25.2 Å². The number of rotatable bonds is 10. The van der Waals surface area contributed by atoms with E-state index in [4.69, 9.17) is 14.2 Å². The summed E-state index contributed by atoms with van der Waals surface area (Å²) >= 11 is 0. The number of alkyl halides is 3. The first-order valence-electron chi connectivity index (χ1n) is 6.67. The number of methoxy groups -OCH3 is 1. The minimum Gasteiger partial charge on any atom is -0.482 e. The quantitative estimate of drug-likeness (QED) is 0.510. The van der Waals surface area contributed by atoms with Crippen molar-refractivity contribution in [2.24, 2.45) is 0 Å². The number of carbonyl (C=O) groups excluding carboxylic acids is 1. The van der Waals surface area contributed by atoms with E-state index in [1.165, 1.54) is 13.2 Å². The number of hydrogen-bond acceptors (Lipinski definition) is 5. The summed E-state index contributed by atoms with van der Waals surface area (Å²) in [6.45, 7) is 0.574. The van der Waals surface area contributed by atoms with Gasteiger partial charge in [0.2, 0.25) is 0 Å². The Morgan fingerprint density at radius 1 is 1.45 bits per heavy atom. The second-order valence-electron chi connectivity index (χ2n) is 4.17. The van der Waals surface area contributed by atoms with Crippen molar-refractivity contribution in [2.45, 2.75) is 19.5 Å². The summed E-state index contributed by atoms with van der Waals surface area (Å²) in [5.41, 5.74) is 0.530. The summed E-state index contributed by atoms with van der Waals surface area (Å²) in [6.07, 6.45) is -4.63. The summed E-state index contributed by atoms with van der Waals surface area (Å²) in [7, 11) is 1.42. The molecule has 2 N–H and O–H groups in total. The summed E-state index contributed by atoms with van der Waals surface area (Å²) in [6, 6.07) is 1.52. The van der Waals surface area contributed by atoms with Crippen LogP contribution in [0.25, 0.3) is 0 Å². The minimum absolute atomic E-state index is 0.108. The van der Waals surface area contributed by atoms with Crippen LogP contribution in [0.4, 0.5) is 18.9 Å². The molecule has 1 unspecified atom stereocenters. The van der Waals surface area contributed by atoms with E-state index in [1.807, 2.05) is 0 Å². The van der Waals surface area contributed by atoms with Crippen LogP contribution in [0, 0.1) is 0 Å². The zero-order chi connectivity index (χ0) is 16.5. The molecule has 0 saturated heterocycles. The highest BCUT2D eigenvalue weighted by atomic mass is 19.3. The van der Waals surface area contributed by atoms with Gasteiger partial charge >= 0.3 is 5.97 Å². The van der Waals surface area contributed by atoms with Crippen LogP contribution < -0.4 is 10.1 Å². The van der Waals surface area contributed by atoms with E-state index in [9.17, 15) is 18.0 Å². The molecule has 1 atom stereocenters. The van der Waals surface area contributed by atoms with Gasteiger partial charge in [-0.2, -0.15) is 0 Å². The number of anilines is 1. The van der Waals surface area contributed by atoms with Gasteiger partial charge in [-0.05, 0) is 6.92 Å². The smallest absolute Gasteiger partial charge is 0.357 e. The molecule has 0 amide bonds. The average Bonchev–Trinajstić information content (AvgIpc) is 2.90. The van der Waals surface area contributed by atoms with Gasteiger partial charge in [-0.25, -0.2) is 18.0 Å². The summed E-state index contributed by atoms with van der Waals surface area (Å²) in [4.78, 5) is 14.5. The predicted octanol–water partition coefficient (Wildman–Crippen LogP) is 2.23. The van der Waals surface area contributed by atoms with Gasteiger partial charge < -0.3 is 24.5 Å². The van der Waals surface area contributed by atoms with Crippen molar-refractivity contribution in [3.63, 3.8) is 0 Å². The van der Waals surface area contributed by atoms with Crippen molar-refractivity contribution < 1.29 is 32.2 Å². The molecule has 0 saturated carbocycles. The lowest BCUT2D eigenvalue weighted by atomic mass is 10.3. The summed E-state index contributed by atoms with van der Waals surface area (Å²) < 4.78 is 51.4. The number of ether oxygens (including phenoxy) is 3. The van der Waals surface area contributed by atoms with Gasteiger partial charge in [0, 0.05) is 12.6 Å². The van der Waals surface area contributed by atoms with Crippen molar-refractivity contribution in [2.75, 3.05) is 38.9 Å². The third kappa shape index (κ3) is 5.14. The van der Waals surface area contributed by atoms with Gasteiger partial charge in [-0.15, -0.1) is 0 Å². The average molecular weight is 324 g/mol. The Morgan fingerprint density at radius 3 is 2.73 bits per heavy atom. The molecule has 22 heavy (non-hydrogen) atoms. The highest BCUT2D eigenvalue weighted by Crippen LogP contribution is 2.22. The SMILES string of the molecule is CCOC(=O)c1[nH]c(OC)cc1NCCOC(CF)C(F)F. The standard InChI is InChI=1S/C13H19F3N2O4/c1-3-21-13(19)11-8(6-10(18-11)20-2)17-4-5-22-9(7-14)12(15)16/h6,9,12,17-18H,3-5,7H2,1-2H3. The molecular weight excluding hydrogens is 305 g/mol. The monoisotopic (exact) mass is 324 g/mol. The van der Waals surface area contributed by atoms with Crippen molar-refractivity contribution in [3.8, 4) is 5.88 Å². The molecule has 1 heterocycles. The van der Waals surface area contributed by atoms with Crippen LogP contribution in [-0.2, 0) is 9.47 Å². The normalized spacial score (nSPS) is 12.3. The highest BCUT2D eigenvalue weighted by Gasteiger charge is 2.21. The lowest BCUT2D eigenvalue weighted by Crippen LogP contribution is -2.27. The third-order valence-electron chi connectivity index (χ3n) is 2.68. The first-order valence-corrected chi connectivity index (χ1v) is 6.67.